The first-order chi connectivity index (χ1) is 7.22. The van der Waals surface area contributed by atoms with Gasteiger partial charge in [-0.2, -0.15) is 0 Å². The summed E-state index contributed by atoms with van der Waals surface area (Å²) in [6, 6.07) is 0. The van der Waals surface area contributed by atoms with Crippen LogP contribution in [0.1, 0.15) is 42.1 Å². The van der Waals surface area contributed by atoms with E-state index in [0.29, 0.717) is 11.9 Å². The third-order valence-corrected chi connectivity index (χ3v) is 3.12. The van der Waals surface area contributed by atoms with Gasteiger partial charge < -0.3 is 11.5 Å². The van der Waals surface area contributed by atoms with E-state index in [1.165, 1.54) is 18.4 Å². The minimum atomic E-state index is 0.402. The molecule has 1 aliphatic carbocycles. The largest absolute Gasteiger partial charge is 0.368 e. The molecule has 1 aromatic heterocycles. The lowest BCUT2D eigenvalue weighted by atomic mass is 9.83. The van der Waals surface area contributed by atoms with Crippen LogP contribution in [0.2, 0.25) is 0 Å². The second-order valence-electron chi connectivity index (χ2n) is 4.19. The van der Waals surface area contributed by atoms with Gasteiger partial charge in [-0.05, 0) is 50.6 Å². The highest BCUT2D eigenvalue weighted by Gasteiger charge is 2.23. The summed E-state index contributed by atoms with van der Waals surface area (Å²) < 4.78 is 0. The molecule has 1 aliphatic rings. The average Bonchev–Trinajstić information content (AvgIpc) is 2.17. The molecule has 1 aromatic rings. The van der Waals surface area contributed by atoms with E-state index in [4.69, 9.17) is 11.5 Å². The van der Waals surface area contributed by atoms with Crippen molar-refractivity contribution < 1.29 is 0 Å². The molecule has 4 N–H and O–H groups in total. The number of hydrogen-bond donors (Lipinski definition) is 2. The Hall–Kier alpha value is -1.16. The average molecular weight is 206 g/mol. The van der Waals surface area contributed by atoms with Crippen LogP contribution in [0.5, 0.6) is 0 Å². The van der Waals surface area contributed by atoms with Crippen molar-refractivity contribution in [3.63, 3.8) is 0 Å². The van der Waals surface area contributed by atoms with Gasteiger partial charge >= 0.3 is 0 Å². The van der Waals surface area contributed by atoms with Crippen molar-refractivity contribution in [2.45, 2.75) is 38.5 Å². The van der Waals surface area contributed by atoms with Crippen LogP contribution in [0.15, 0.2) is 0 Å². The van der Waals surface area contributed by atoms with E-state index in [9.17, 15) is 0 Å². The normalized spacial score (nSPS) is 20.0. The molecule has 0 spiro atoms. The van der Waals surface area contributed by atoms with Crippen molar-refractivity contribution in [2.24, 2.45) is 5.73 Å². The van der Waals surface area contributed by atoms with Gasteiger partial charge in [-0.3, -0.25) is 0 Å². The van der Waals surface area contributed by atoms with Gasteiger partial charge in [-0.1, -0.05) is 0 Å². The van der Waals surface area contributed by atoms with E-state index in [1.54, 1.807) is 0 Å². The molecule has 0 bridgehead atoms. The van der Waals surface area contributed by atoms with E-state index < -0.39 is 0 Å². The minimum absolute atomic E-state index is 0.402. The number of nitrogen functional groups attached to an aromatic ring is 1. The van der Waals surface area contributed by atoms with Crippen molar-refractivity contribution in [1.82, 2.24) is 9.97 Å². The van der Waals surface area contributed by atoms with Crippen LogP contribution in [0.25, 0.3) is 0 Å². The zero-order valence-corrected chi connectivity index (χ0v) is 9.16. The fraction of sp³-hybridized carbons (Fsp3) is 0.636. The first-order valence-electron chi connectivity index (χ1n) is 5.55. The number of rotatable bonds is 2. The minimum Gasteiger partial charge on any atom is -0.368 e. The van der Waals surface area contributed by atoms with Crippen molar-refractivity contribution >= 4 is 5.95 Å². The molecule has 0 amide bonds. The van der Waals surface area contributed by atoms with Crippen LogP contribution >= 0.6 is 0 Å². The summed E-state index contributed by atoms with van der Waals surface area (Å²) in [5.74, 6) is 0.944. The zero-order chi connectivity index (χ0) is 10.8. The van der Waals surface area contributed by atoms with Crippen LogP contribution in [-0.4, -0.2) is 16.5 Å². The van der Waals surface area contributed by atoms with Gasteiger partial charge in [0.1, 0.15) is 0 Å². The number of fused-ring (bicyclic) bond motifs is 1. The summed E-state index contributed by atoms with van der Waals surface area (Å²) in [6.07, 6.45) is 4.46. The monoisotopic (exact) mass is 206 g/mol. The summed E-state index contributed by atoms with van der Waals surface area (Å²) in [5.41, 5.74) is 14.8. The van der Waals surface area contributed by atoms with Crippen LogP contribution in [0.4, 0.5) is 5.95 Å². The SMILES string of the molecule is Cc1nc(N)nc2c1C(CCN)CCC2. The summed E-state index contributed by atoms with van der Waals surface area (Å²) in [6.45, 7) is 2.75. The fourth-order valence-corrected chi connectivity index (χ4v) is 2.54. The fourth-order valence-electron chi connectivity index (χ4n) is 2.54. The molecule has 1 heterocycles. The van der Waals surface area contributed by atoms with Crippen molar-refractivity contribution in [1.29, 1.82) is 0 Å². The maximum absolute atomic E-state index is 5.66. The standard InChI is InChI=1S/C11H18N4/c1-7-10-8(5-6-12)3-2-4-9(10)15-11(13)14-7/h8H,2-6,12H2,1H3,(H2,13,14,15). The third kappa shape index (κ3) is 1.95. The molecule has 4 nitrogen and oxygen atoms in total. The van der Waals surface area contributed by atoms with Gasteiger partial charge in [0.15, 0.2) is 0 Å². The molecule has 1 unspecified atom stereocenters. The lowest BCUT2D eigenvalue weighted by Crippen LogP contribution is -2.18. The molecule has 82 valence electrons. The Bertz CT molecular complexity index is 362. The van der Waals surface area contributed by atoms with Crippen LogP contribution < -0.4 is 11.5 Å². The Kier molecular flexibility index (Phi) is 2.86. The van der Waals surface area contributed by atoms with Gasteiger partial charge in [0, 0.05) is 11.4 Å². The number of aryl methyl sites for hydroxylation is 2. The van der Waals surface area contributed by atoms with Gasteiger partial charge in [0.05, 0.1) is 0 Å². The van der Waals surface area contributed by atoms with E-state index >= 15 is 0 Å². The molecule has 0 fully saturated rings. The Morgan fingerprint density at radius 1 is 1.40 bits per heavy atom. The Morgan fingerprint density at radius 2 is 2.20 bits per heavy atom. The van der Waals surface area contributed by atoms with Gasteiger partial charge in [0.25, 0.3) is 0 Å². The lowest BCUT2D eigenvalue weighted by Gasteiger charge is -2.25. The number of hydrogen-bond acceptors (Lipinski definition) is 4. The van der Waals surface area contributed by atoms with Crippen molar-refractivity contribution in [2.75, 3.05) is 12.3 Å². The number of nitrogens with zero attached hydrogens (tertiary/aromatic N) is 2. The van der Waals surface area contributed by atoms with E-state index in [1.807, 2.05) is 6.92 Å². The second-order valence-corrected chi connectivity index (χ2v) is 4.19. The summed E-state index contributed by atoms with van der Waals surface area (Å²) in [5, 5.41) is 0. The predicted molar refractivity (Wildman–Crippen MR) is 60.5 cm³/mol. The Labute approximate surface area is 90.1 Å². The Balaban J connectivity index is 2.41. The summed E-state index contributed by atoms with van der Waals surface area (Å²) in [4.78, 5) is 8.58. The van der Waals surface area contributed by atoms with Crippen LogP contribution in [0, 0.1) is 6.92 Å². The van der Waals surface area contributed by atoms with Gasteiger partial charge in [-0.15, -0.1) is 0 Å². The second kappa shape index (κ2) is 4.14. The first kappa shape index (κ1) is 10.4. The van der Waals surface area contributed by atoms with Crippen molar-refractivity contribution in [3.8, 4) is 0 Å². The number of anilines is 1. The molecule has 0 saturated carbocycles. The summed E-state index contributed by atoms with van der Waals surface area (Å²) >= 11 is 0. The quantitative estimate of drug-likeness (QED) is 0.760. The third-order valence-electron chi connectivity index (χ3n) is 3.12. The molecular formula is C11H18N4. The molecule has 0 aliphatic heterocycles. The smallest absolute Gasteiger partial charge is 0.220 e. The predicted octanol–water partition coefficient (Wildman–Crippen LogP) is 1.14. The number of nitrogens with two attached hydrogens (primary N) is 2. The highest BCUT2D eigenvalue weighted by Crippen LogP contribution is 2.34. The lowest BCUT2D eigenvalue weighted by molar-refractivity contribution is 0.513. The topological polar surface area (TPSA) is 77.8 Å². The number of aromatic nitrogens is 2. The molecule has 0 aromatic carbocycles. The highest BCUT2D eigenvalue weighted by atomic mass is 15.0. The maximum atomic E-state index is 5.66. The molecule has 1 atom stereocenters. The first-order valence-corrected chi connectivity index (χ1v) is 5.55. The molecule has 15 heavy (non-hydrogen) atoms. The van der Waals surface area contributed by atoms with Gasteiger partial charge in [0.2, 0.25) is 5.95 Å². The molecular weight excluding hydrogens is 188 g/mol. The molecule has 2 rings (SSSR count). The zero-order valence-electron chi connectivity index (χ0n) is 9.16. The van der Waals surface area contributed by atoms with Crippen molar-refractivity contribution in [3.05, 3.63) is 17.0 Å². The van der Waals surface area contributed by atoms with Crippen LogP contribution in [-0.2, 0) is 6.42 Å². The Morgan fingerprint density at radius 3 is 2.93 bits per heavy atom. The molecule has 4 heteroatoms. The van der Waals surface area contributed by atoms with Crippen LogP contribution in [0.3, 0.4) is 0 Å². The van der Waals surface area contributed by atoms with E-state index in [-0.39, 0.29) is 0 Å². The summed E-state index contributed by atoms with van der Waals surface area (Å²) in [7, 11) is 0. The maximum Gasteiger partial charge on any atom is 0.220 e. The highest BCUT2D eigenvalue weighted by molar-refractivity contribution is 5.35. The van der Waals surface area contributed by atoms with E-state index in [0.717, 1.165) is 30.8 Å². The van der Waals surface area contributed by atoms with E-state index in [2.05, 4.69) is 9.97 Å². The molecule has 0 saturated heterocycles. The van der Waals surface area contributed by atoms with Gasteiger partial charge in [-0.25, -0.2) is 9.97 Å². The molecule has 0 radical (unpaired) electrons.